The van der Waals surface area contributed by atoms with Crippen LogP contribution in [0.5, 0.6) is 5.75 Å². The molecule has 1 atom stereocenters. The van der Waals surface area contributed by atoms with Gasteiger partial charge >= 0.3 is 0 Å². The standard InChI is InChI=1S/C16H26N2O/c1-16(2)11-13(12-17-3)8-9-18(16)14-6-5-7-15(10-14)19-4/h5-7,10,13,17H,8-9,11-12H2,1-4H3. The lowest BCUT2D eigenvalue weighted by atomic mass is 9.82. The number of nitrogens with one attached hydrogen (secondary N) is 1. The van der Waals surface area contributed by atoms with Gasteiger partial charge in [-0.2, -0.15) is 0 Å². The third-order valence-corrected chi connectivity index (χ3v) is 4.14. The quantitative estimate of drug-likeness (QED) is 0.903. The SMILES string of the molecule is CNCC1CCN(c2cccc(OC)c2)C(C)(C)C1. The van der Waals surface area contributed by atoms with Crippen LogP contribution >= 0.6 is 0 Å². The molecule has 3 heteroatoms. The van der Waals surface area contributed by atoms with Gasteiger partial charge in [0.1, 0.15) is 5.75 Å². The van der Waals surface area contributed by atoms with Crippen LogP contribution in [0.1, 0.15) is 26.7 Å². The van der Waals surface area contributed by atoms with E-state index in [-0.39, 0.29) is 5.54 Å². The second-order valence-corrected chi connectivity index (χ2v) is 6.08. The Kier molecular flexibility index (Phi) is 4.35. The second kappa shape index (κ2) is 5.83. The Hall–Kier alpha value is -1.22. The molecular formula is C16H26N2O. The molecule has 1 aromatic rings. The summed E-state index contributed by atoms with van der Waals surface area (Å²) in [5.74, 6) is 1.72. The molecule has 1 unspecified atom stereocenters. The van der Waals surface area contributed by atoms with Gasteiger partial charge in [-0.3, -0.25) is 0 Å². The zero-order valence-electron chi connectivity index (χ0n) is 12.6. The van der Waals surface area contributed by atoms with Crippen molar-refractivity contribution in [1.29, 1.82) is 0 Å². The van der Waals surface area contributed by atoms with Gasteiger partial charge in [-0.15, -0.1) is 0 Å². The monoisotopic (exact) mass is 262 g/mol. The Morgan fingerprint density at radius 3 is 2.84 bits per heavy atom. The highest BCUT2D eigenvalue weighted by Crippen LogP contribution is 2.36. The average molecular weight is 262 g/mol. The number of piperidine rings is 1. The first-order valence-corrected chi connectivity index (χ1v) is 7.13. The zero-order valence-corrected chi connectivity index (χ0v) is 12.6. The van der Waals surface area contributed by atoms with Crippen LogP contribution in [0.15, 0.2) is 24.3 Å². The summed E-state index contributed by atoms with van der Waals surface area (Å²) in [5.41, 5.74) is 1.47. The molecule has 1 fully saturated rings. The van der Waals surface area contributed by atoms with Gasteiger partial charge in [-0.1, -0.05) is 6.07 Å². The first-order valence-electron chi connectivity index (χ1n) is 7.13. The van der Waals surface area contributed by atoms with E-state index in [1.165, 1.54) is 18.5 Å². The van der Waals surface area contributed by atoms with E-state index < -0.39 is 0 Å². The van der Waals surface area contributed by atoms with Crippen molar-refractivity contribution in [2.24, 2.45) is 5.92 Å². The summed E-state index contributed by atoms with van der Waals surface area (Å²) in [6, 6.07) is 8.40. The Morgan fingerprint density at radius 1 is 1.42 bits per heavy atom. The number of hydrogen-bond acceptors (Lipinski definition) is 3. The number of benzene rings is 1. The largest absolute Gasteiger partial charge is 0.497 e. The van der Waals surface area contributed by atoms with Crippen LogP contribution in [0, 0.1) is 5.92 Å². The molecule has 0 bridgehead atoms. The Balaban J connectivity index is 2.16. The Morgan fingerprint density at radius 2 is 2.21 bits per heavy atom. The molecule has 1 heterocycles. The van der Waals surface area contributed by atoms with Crippen molar-refractivity contribution < 1.29 is 4.74 Å². The van der Waals surface area contributed by atoms with E-state index in [4.69, 9.17) is 4.74 Å². The van der Waals surface area contributed by atoms with Crippen molar-refractivity contribution in [3.8, 4) is 5.75 Å². The van der Waals surface area contributed by atoms with Crippen molar-refractivity contribution >= 4 is 5.69 Å². The van der Waals surface area contributed by atoms with E-state index in [1.54, 1.807) is 7.11 Å². The third-order valence-electron chi connectivity index (χ3n) is 4.14. The number of methoxy groups -OCH3 is 1. The predicted octanol–water partition coefficient (Wildman–Crippen LogP) is 2.91. The van der Waals surface area contributed by atoms with E-state index >= 15 is 0 Å². The van der Waals surface area contributed by atoms with E-state index in [0.717, 1.165) is 24.8 Å². The van der Waals surface area contributed by atoms with Crippen molar-refractivity contribution in [2.45, 2.75) is 32.2 Å². The minimum Gasteiger partial charge on any atom is -0.497 e. The molecule has 3 nitrogen and oxygen atoms in total. The lowest BCUT2D eigenvalue weighted by molar-refractivity contribution is 0.270. The molecule has 0 amide bonds. The number of hydrogen-bond donors (Lipinski definition) is 1. The van der Waals surface area contributed by atoms with E-state index in [2.05, 4.69) is 42.3 Å². The highest BCUT2D eigenvalue weighted by atomic mass is 16.5. The smallest absolute Gasteiger partial charge is 0.120 e. The van der Waals surface area contributed by atoms with Gasteiger partial charge in [0.05, 0.1) is 7.11 Å². The van der Waals surface area contributed by atoms with Gasteiger partial charge in [0.25, 0.3) is 0 Å². The van der Waals surface area contributed by atoms with Gasteiger partial charge in [-0.05, 0) is 58.3 Å². The van der Waals surface area contributed by atoms with Crippen LogP contribution in [-0.2, 0) is 0 Å². The van der Waals surface area contributed by atoms with Crippen LogP contribution in [-0.4, -0.2) is 32.8 Å². The van der Waals surface area contributed by atoms with Gasteiger partial charge in [0, 0.05) is 23.8 Å². The van der Waals surface area contributed by atoms with Crippen LogP contribution in [0.4, 0.5) is 5.69 Å². The van der Waals surface area contributed by atoms with Gasteiger partial charge in [0.15, 0.2) is 0 Å². The molecule has 0 aromatic heterocycles. The van der Waals surface area contributed by atoms with Crippen LogP contribution in [0.3, 0.4) is 0 Å². The van der Waals surface area contributed by atoms with Crippen molar-refractivity contribution in [1.82, 2.24) is 5.32 Å². The second-order valence-electron chi connectivity index (χ2n) is 6.08. The molecule has 1 N–H and O–H groups in total. The lowest BCUT2D eigenvalue weighted by Crippen LogP contribution is -2.51. The predicted molar refractivity (Wildman–Crippen MR) is 81.1 cm³/mol. The Bertz CT molecular complexity index is 417. The van der Waals surface area contributed by atoms with Gasteiger partial charge < -0.3 is 15.0 Å². The summed E-state index contributed by atoms with van der Waals surface area (Å²) in [5, 5.41) is 3.31. The summed E-state index contributed by atoms with van der Waals surface area (Å²) in [6.07, 6.45) is 2.48. The highest BCUT2D eigenvalue weighted by Gasteiger charge is 2.34. The molecule has 1 aliphatic rings. The van der Waals surface area contributed by atoms with E-state index in [0.29, 0.717) is 0 Å². The minimum atomic E-state index is 0.201. The van der Waals surface area contributed by atoms with Crippen LogP contribution in [0.2, 0.25) is 0 Å². The minimum absolute atomic E-state index is 0.201. The van der Waals surface area contributed by atoms with Crippen molar-refractivity contribution in [3.63, 3.8) is 0 Å². The van der Waals surface area contributed by atoms with Crippen molar-refractivity contribution in [2.75, 3.05) is 32.1 Å². The number of anilines is 1. The number of rotatable bonds is 4. The summed E-state index contributed by atoms with van der Waals surface area (Å²) in [6.45, 7) is 6.92. The maximum Gasteiger partial charge on any atom is 0.120 e. The lowest BCUT2D eigenvalue weighted by Gasteiger charge is -2.47. The maximum atomic E-state index is 5.34. The van der Waals surface area contributed by atoms with Gasteiger partial charge in [0.2, 0.25) is 0 Å². The fourth-order valence-corrected chi connectivity index (χ4v) is 3.25. The number of ether oxygens (including phenoxy) is 1. The molecule has 0 aliphatic carbocycles. The van der Waals surface area contributed by atoms with Gasteiger partial charge in [-0.25, -0.2) is 0 Å². The molecule has 19 heavy (non-hydrogen) atoms. The summed E-state index contributed by atoms with van der Waals surface area (Å²) in [4.78, 5) is 2.52. The topological polar surface area (TPSA) is 24.5 Å². The summed E-state index contributed by atoms with van der Waals surface area (Å²) < 4.78 is 5.34. The van der Waals surface area contributed by atoms with E-state index in [1.807, 2.05) is 13.1 Å². The maximum absolute atomic E-state index is 5.34. The number of nitrogens with zero attached hydrogens (tertiary/aromatic N) is 1. The fraction of sp³-hybridized carbons (Fsp3) is 0.625. The average Bonchev–Trinajstić information content (AvgIpc) is 2.38. The normalized spacial score (nSPS) is 22.3. The summed E-state index contributed by atoms with van der Waals surface area (Å²) in [7, 11) is 3.77. The van der Waals surface area contributed by atoms with E-state index in [9.17, 15) is 0 Å². The third kappa shape index (κ3) is 3.21. The highest BCUT2D eigenvalue weighted by molar-refractivity contribution is 5.53. The molecule has 2 rings (SSSR count). The molecule has 106 valence electrons. The zero-order chi connectivity index (χ0) is 13.9. The summed E-state index contributed by atoms with van der Waals surface area (Å²) >= 11 is 0. The molecular weight excluding hydrogens is 236 g/mol. The van der Waals surface area contributed by atoms with Crippen LogP contribution in [0.25, 0.3) is 0 Å². The molecule has 1 saturated heterocycles. The molecule has 0 saturated carbocycles. The van der Waals surface area contributed by atoms with Crippen LogP contribution < -0.4 is 15.0 Å². The first-order chi connectivity index (χ1) is 9.06. The Labute approximate surface area is 116 Å². The molecule has 0 radical (unpaired) electrons. The first kappa shape index (κ1) is 14.2. The molecule has 0 spiro atoms. The molecule has 1 aliphatic heterocycles. The molecule has 1 aromatic carbocycles. The van der Waals surface area contributed by atoms with Crippen molar-refractivity contribution in [3.05, 3.63) is 24.3 Å². The fourth-order valence-electron chi connectivity index (χ4n) is 3.25.